The maximum Gasteiger partial charge on any atom is 0.416 e. The number of carbonyl (C=O) groups is 1. The third-order valence-electron chi connectivity index (χ3n) is 5.08. The predicted molar refractivity (Wildman–Crippen MR) is 101 cm³/mol. The first-order valence-corrected chi connectivity index (χ1v) is 9.33. The van der Waals surface area contributed by atoms with E-state index in [0.29, 0.717) is 37.4 Å². The molecule has 0 bridgehead atoms. The zero-order valence-electron chi connectivity index (χ0n) is 15.5. The van der Waals surface area contributed by atoms with Gasteiger partial charge < -0.3 is 9.64 Å². The van der Waals surface area contributed by atoms with Crippen LogP contribution in [0.4, 0.5) is 13.2 Å². The molecule has 0 spiro atoms. The fraction of sp³-hybridized carbons (Fsp3) is 0.273. The number of carbonyl (C=O) groups excluding carboxylic acids is 1. The maximum atomic E-state index is 13.0. The van der Waals surface area contributed by atoms with Crippen LogP contribution >= 0.6 is 0 Å². The van der Waals surface area contributed by atoms with Crippen LogP contribution in [-0.4, -0.2) is 28.9 Å². The molecule has 29 heavy (non-hydrogen) atoms. The van der Waals surface area contributed by atoms with Gasteiger partial charge in [0.05, 0.1) is 29.9 Å². The zero-order chi connectivity index (χ0) is 20.4. The number of ether oxygens (including phenoxy) is 1. The number of hydrogen-bond donors (Lipinski definition) is 0. The monoisotopic (exact) mass is 400 g/mol. The molecule has 1 aliphatic carbocycles. The van der Waals surface area contributed by atoms with Crippen molar-refractivity contribution in [2.45, 2.75) is 25.1 Å². The van der Waals surface area contributed by atoms with Gasteiger partial charge in [-0.25, -0.2) is 0 Å². The number of nitrogens with zero attached hydrogens (tertiary/aromatic N) is 2. The third kappa shape index (κ3) is 4.18. The largest absolute Gasteiger partial charge is 0.491 e. The van der Waals surface area contributed by atoms with Crippen LogP contribution < -0.4 is 0 Å². The quantitative estimate of drug-likeness (QED) is 0.764. The Labute approximate surface area is 166 Å². The molecule has 1 amide bonds. The topological polar surface area (TPSA) is 42.4 Å². The highest BCUT2D eigenvalue weighted by molar-refractivity contribution is 5.97. The molecule has 4 rings (SSSR count). The first-order chi connectivity index (χ1) is 13.9. The summed E-state index contributed by atoms with van der Waals surface area (Å²) in [6.45, 7) is 1.19. The molecular weight excluding hydrogens is 381 g/mol. The first kappa shape index (κ1) is 19.2. The molecular formula is C22H19F3N2O2. The highest BCUT2D eigenvalue weighted by Crippen LogP contribution is 2.35. The summed E-state index contributed by atoms with van der Waals surface area (Å²) in [4.78, 5) is 18.9. The molecule has 1 fully saturated rings. The van der Waals surface area contributed by atoms with Crippen molar-refractivity contribution in [1.29, 1.82) is 0 Å². The summed E-state index contributed by atoms with van der Waals surface area (Å²) in [6.07, 6.45) is 1.51. The number of fused-ring (bicyclic) bond motifs is 1. The summed E-state index contributed by atoms with van der Waals surface area (Å²) in [6, 6.07) is 10.7. The number of allylic oxidation sites excluding steroid dienone is 2. The number of halogens is 3. The molecule has 0 radical (unpaired) electrons. The molecule has 1 aromatic carbocycles. The summed E-state index contributed by atoms with van der Waals surface area (Å²) < 4.78 is 44.1. The molecule has 1 saturated heterocycles. The van der Waals surface area contributed by atoms with Crippen molar-refractivity contribution in [2.75, 3.05) is 13.2 Å². The van der Waals surface area contributed by atoms with Gasteiger partial charge in [-0.05, 0) is 42.3 Å². The minimum atomic E-state index is -4.36. The fourth-order valence-corrected chi connectivity index (χ4v) is 3.53. The highest BCUT2D eigenvalue weighted by atomic mass is 19.4. The van der Waals surface area contributed by atoms with Crippen molar-refractivity contribution in [1.82, 2.24) is 9.88 Å². The van der Waals surface area contributed by atoms with Gasteiger partial charge >= 0.3 is 6.18 Å². The summed E-state index contributed by atoms with van der Waals surface area (Å²) in [5.41, 5.74) is 1.38. The Morgan fingerprint density at radius 1 is 1.14 bits per heavy atom. The second-order valence-corrected chi connectivity index (χ2v) is 7.01. The van der Waals surface area contributed by atoms with Gasteiger partial charge in [0.2, 0.25) is 0 Å². The Kier molecular flexibility index (Phi) is 5.13. The number of amides is 1. The lowest BCUT2D eigenvalue weighted by molar-refractivity contribution is -0.137. The van der Waals surface area contributed by atoms with E-state index in [1.165, 1.54) is 12.1 Å². The van der Waals surface area contributed by atoms with Gasteiger partial charge in [-0.15, -0.1) is 0 Å². The van der Waals surface area contributed by atoms with Gasteiger partial charge in [-0.2, -0.15) is 13.2 Å². The number of aromatic nitrogens is 1. The van der Waals surface area contributed by atoms with Crippen LogP contribution in [0.15, 0.2) is 72.1 Å². The molecule has 4 nitrogen and oxygen atoms in total. The summed E-state index contributed by atoms with van der Waals surface area (Å²) in [5, 5.41) is 0. The average Bonchev–Trinajstić information content (AvgIpc) is 2.87. The standard InChI is InChI=1S/C22H19F3N2O2/c23-22(24,25)17-7-4-15(5-8-17)16-6-9-19-20(13-16)29-12-11-27(21(19)28)14-18-3-1-2-10-26-18/h1-5,7-10,13,16H,6,11-12,14H2. The van der Waals surface area contributed by atoms with Gasteiger partial charge in [-0.1, -0.05) is 24.3 Å². The predicted octanol–water partition coefficient (Wildman–Crippen LogP) is 4.46. The molecule has 0 N–H and O–H groups in total. The molecule has 2 aliphatic rings. The molecule has 1 atom stereocenters. The highest BCUT2D eigenvalue weighted by Gasteiger charge is 2.32. The molecule has 2 aromatic rings. The third-order valence-corrected chi connectivity index (χ3v) is 5.08. The Morgan fingerprint density at radius 2 is 1.93 bits per heavy atom. The maximum absolute atomic E-state index is 13.0. The Balaban J connectivity index is 1.51. The van der Waals surface area contributed by atoms with Crippen LogP contribution in [0.2, 0.25) is 0 Å². The number of hydrogen-bond acceptors (Lipinski definition) is 3. The van der Waals surface area contributed by atoms with Gasteiger partial charge in [0.15, 0.2) is 0 Å². The lowest BCUT2D eigenvalue weighted by atomic mass is 9.88. The minimum absolute atomic E-state index is 0.120. The van der Waals surface area contributed by atoms with Crippen LogP contribution in [-0.2, 0) is 22.3 Å². The van der Waals surface area contributed by atoms with Crippen LogP contribution in [0.25, 0.3) is 0 Å². The fourth-order valence-electron chi connectivity index (χ4n) is 3.53. The van der Waals surface area contributed by atoms with E-state index in [2.05, 4.69) is 4.98 Å². The first-order valence-electron chi connectivity index (χ1n) is 9.33. The molecule has 1 aliphatic heterocycles. The van der Waals surface area contributed by atoms with Gasteiger partial charge in [-0.3, -0.25) is 9.78 Å². The number of alkyl halides is 3. The molecule has 0 saturated carbocycles. The van der Waals surface area contributed by atoms with Crippen LogP contribution in [0.1, 0.15) is 29.2 Å². The molecule has 7 heteroatoms. The minimum Gasteiger partial charge on any atom is -0.491 e. The van der Waals surface area contributed by atoms with E-state index in [1.807, 2.05) is 30.4 Å². The van der Waals surface area contributed by atoms with E-state index < -0.39 is 11.7 Å². The lowest BCUT2D eigenvalue weighted by Gasteiger charge is -2.22. The van der Waals surface area contributed by atoms with Crippen molar-refractivity contribution in [3.8, 4) is 0 Å². The molecule has 1 aromatic heterocycles. The van der Waals surface area contributed by atoms with E-state index >= 15 is 0 Å². The van der Waals surface area contributed by atoms with Crippen molar-refractivity contribution < 1.29 is 22.7 Å². The van der Waals surface area contributed by atoms with Crippen molar-refractivity contribution in [2.24, 2.45) is 0 Å². The Bertz CT molecular complexity index is 950. The van der Waals surface area contributed by atoms with Crippen molar-refractivity contribution in [3.63, 3.8) is 0 Å². The second kappa shape index (κ2) is 7.73. The van der Waals surface area contributed by atoms with Crippen molar-refractivity contribution >= 4 is 5.91 Å². The second-order valence-electron chi connectivity index (χ2n) is 7.01. The lowest BCUT2D eigenvalue weighted by Crippen LogP contribution is -2.32. The van der Waals surface area contributed by atoms with Gasteiger partial charge in [0.25, 0.3) is 5.91 Å². The molecule has 150 valence electrons. The summed E-state index contributed by atoms with van der Waals surface area (Å²) in [5.74, 6) is 0.242. The van der Waals surface area contributed by atoms with Crippen LogP contribution in [0.3, 0.4) is 0 Å². The van der Waals surface area contributed by atoms with Crippen LogP contribution in [0.5, 0.6) is 0 Å². The SMILES string of the molecule is O=C1C2=CCC(c3ccc(C(F)(F)F)cc3)C=C2OCCN1Cc1ccccn1. The average molecular weight is 400 g/mol. The van der Waals surface area contributed by atoms with E-state index in [4.69, 9.17) is 4.74 Å². The van der Waals surface area contributed by atoms with Crippen LogP contribution in [0, 0.1) is 0 Å². The normalized spacial score (nSPS) is 19.6. The van der Waals surface area contributed by atoms with E-state index in [0.717, 1.165) is 23.4 Å². The smallest absolute Gasteiger partial charge is 0.416 e. The van der Waals surface area contributed by atoms with E-state index in [9.17, 15) is 18.0 Å². The Hall–Kier alpha value is -3.09. The van der Waals surface area contributed by atoms with E-state index in [1.54, 1.807) is 11.1 Å². The van der Waals surface area contributed by atoms with E-state index in [-0.39, 0.29) is 11.8 Å². The van der Waals surface area contributed by atoms with Crippen molar-refractivity contribution in [3.05, 3.63) is 89.0 Å². The zero-order valence-corrected chi connectivity index (χ0v) is 15.5. The number of benzene rings is 1. The molecule has 2 heterocycles. The Morgan fingerprint density at radius 3 is 2.62 bits per heavy atom. The summed E-state index contributed by atoms with van der Waals surface area (Å²) >= 11 is 0. The molecule has 1 unspecified atom stereocenters. The summed E-state index contributed by atoms with van der Waals surface area (Å²) in [7, 11) is 0. The number of pyridine rings is 1. The number of rotatable bonds is 3. The van der Waals surface area contributed by atoms with Gasteiger partial charge in [0.1, 0.15) is 12.4 Å². The van der Waals surface area contributed by atoms with Gasteiger partial charge in [0, 0.05) is 12.1 Å².